The van der Waals surface area contributed by atoms with Crippen molar-refractivity contribution in [2.75, 3.05) is 0 Å². The summed E-state index contributed by atoms with van der Waals surface area (Å²) in [5, 5.41) is 4.28. The van der Waals surface area contributed by atoms with E-state index in [1.165, 1.54) is 4.88 Å². The third kappa shape index (κ3) is 1.42. The van der Waals surface area contributed by atoms with Gasteiger partial charge in [-0.2, -0.15) is 0 Å². The molecule has 0 amide bonds. The molecule has 11 heavy (non-hydrogen) atoms. The van der Waals surface area contributed by atoms with E-state index in [1.807, 2.05) is 23.1 Å². The maximum absolute atomic E-state index is 3.74. The van der Waals surface area contributed by atoms with Crippen molar-refractivity contribution in [1.29, 1.82) is 0 Å². The first-order chi connectivity index (χ1) is 5.31. The first kappa shape index (κ1) is 7.90. The summed E-state index contributed by atoms with van der Waals surface area (Å²) in [6.45, 7) is 0. The molecule has 0 bridgehead atoms. The van der Waals surface area contributed by atoms with Gasteiger partial charge in [-0.3, -0.25) is 0 Å². The van der Waals surface area contributed by atoms with Crippen LogP contribution in [-0.2, 0) is 3.66 Å². The summed E-state index contributed by atoms with van der Waals surface area (Å²) in [5.74, 6) is 0. The van der Waals surface area contributed by atoms with Crippen molar-refractivity contribution in [3.8, 4) is 0 Å². The number of rotatable bonds is 1. The van der Waals surface area contributed by atoms with E-state index in [4.69, 9.17) is 0 Å². The summed E-state index contributed by atoms with van der Waals surface area (Å²) in [4.78, 5) is 1.41. The Bertz CT molecular complexity index is 256. The van der Waals surface area contributed by atoms with Crippen LogP contribution in [0.3, 0.4) is 0 Å². The van der Waals surface area contributed by atoms with Gasteiger partial charge in [0.05, 0.1) is 0 Å². The van der Waals surface area contributed by atoms with Gasteiger partial charge in [0, 0.05) is 4.88 Å². The molecule has 0 fully saturated rings. The Kier molecular flexibility index (Phi) is 2.12. The van der Waals surface area contributed by atoms with Gasteiger partial charge in [-0.25, -0.2) is 0 Å². The normalized spacial score (nSPS) is 29.5. The second kappa shape index (κ2) is 2.96. The van der Waals surface area contributed by atoms with E-state index < -0.39 is 0 Å². The Labute approximate surface area is 82.8 Å². The van der Waals surface area contributed by atoms with Gasteiger partial charge < -0.3 is 0 Å². The molecule has 1 aromatic heterocycles. The van der Waals surface area contributed by atoms with Gasteiger partial charge in [-0.1, -0.05) is 28.1 Å². The number of thiophene rings is 1. The molecule has 58 valence electrons. The van der Waals surface area contributed by atoms with Crippen LogP contribution in [0.5, 0.6) is 0 Å². The lowest BCUT2D eigenvalue weighted by Crippen LogP contribution is -2.05. The zero-order valence-electron chi connectivity index (χ0n) is 5.79. The number of thioether (sulfide) groups is 1. The quantitative estimate of drug-likeness (QED) is 0.677. The van der Waals surface area contributed by atoms with Crippen molar-refractivity contribution in [3.05, 3.63) is 33.9 Å². The van der Waals surface area contributed by atoms with E-state index in [9.17, 15) is 0 Å². The predicted molar refractivity (Wildman–Crippen MR) is 56.3 cm³/mol. The van der Waals surface area contributed by atoms with Gasteiger partial charge >= 0.3 is 0 Å². The van der Waals surface area contributed by atoms with Crippen LogP contribution < -0.4 is 0 Å². The molecule has 0 aromatic carbocycles. The molecule has 1 aliphatic heterocycles. The number of hydrogen-bond acceptors (Lipinski definition) is 2. The fourth-order valence-corrected chi connectivity index (χ4v) is 3.77. The van der Waals surface area contributed by atoms with E-state index in [1.54, 1.807) is 0 Å². The number of halogens is 1. The fourth-order valence-electron chi connectivity index (χ4n) is 1.05. The molecule has 0 N–H and O–H groups in total. The van der Waals surface area contributed by atoms with Crippen LogP contribution in [0.15, 0.2) is 29.0 Å². The van der Waals surface area contributed by atoms with Crippen LogP contribution in [0.1, 0.15) is 11.3 Å². The fraction of sp³-hybridized carbons (Fsp3) is 0.250. The molecule has 0 radical (unpaired) electrons. The third-order valence-corrected chi connectivity index (χ3v) is 5.44. The number of allylic oxidation sites excluding steroid dienone is 1. The summed E-state index contributed by atoms with van der Waals surface area (Å²) in [5.41, 5.74) is 0. The molecule has 3 heteroatoms. The van der Waals surface area contributed by atoms with Crippen molar-refractivity contribution in [2.45, 2.75) is 10.1 Å². The summed E-state index contributed by atoms with van der Waals surface area (Å²) < 4.78 is 0.154. The minimum absolute atomic E-state index is 0.154. The molecular formula is C8H7BrS2. The molecule has 1 atom stereocenters. The van der Waals surface area contributed by atoms with Gasteiger partial charge in [0.1, 0.15) is 3.66 Å². The maximum atomic E-state index is 3.74. The van der Waals surface area contributed by atoms with Crippen LogP contribution >= 0.6 is 39.0 Å². The Morgan fingerprint density at radius 2 is 2.45 bits per heavy atom. The highest BCUT2D eigenvalue weighted by atomic mass is 79.9. The van der Waals surface area contributed by atoms with E-state index in [0.717, 1.165) is 6.42 Å². The second-order valence-corrected chi connectivity index (χ2v) is 6.43. The largest absolute Gasteiger partial charge is 0.147 e. The van der Waals surface area contributed by atoms with Gasteiger partial charge in [0.25, 0.3) is 0 Å². The topological polar surface area (TPSA) is 0 Å². The first-order valence-electron chi connectivity index (χ1n) is 3.37. The zero-order chi connectivity index (χ0) is 7.73. The van der Waals surface area contributed by atoms with Crippen molar-refractivity contribution < 1.29 is 0 Å². The van der Waals surface area contributed by atoms with E-state index in [0.29, 0.717) is 0 Å². The van der Waals surface area contributed by atoms with E-state index in [2.05, 4.69) is 44.9 Å². The molecule has 1 unspecified atom stereocenters. The summed E-state index contributed by atoms with van der Waals surface area (Å²) >= 11 is 7.40. The molecule has 1 aliphatic rings. The maximum Gasteiger partial charge on any atom is 0.112 e. The highest BCUT2D eigenvalue weighted by molar-refractivity contribution is 9.11. The minimum atomic E-state index is 0.154. The second-order valence-electron chi connectivity index (χ2n) is 2.40. The van der Waals surface area contributed by atoms with Crippen LogP contribution in [0.2, 0.25) is 0 Å². The summed E-state index contributed by atoms with van der Waals surface area (Å²) in [6, 6.07) is 4.28. The lowest BCUT2D eigenvalue weighted by Gasteiger charge is -2.17. The van der Waals surface area contributed by atoms with Crippen molar-refractivity contribution >= 4 is 39.0 Å². The molecule has 0 spiro atoms. The van der Waals surface area contributed by atoms with Crippen molar-refractivity contribution in [2.24, 2.45) is 0 Å². The zero-order valence-corrected chi connectivity index (χ0v) is 9.01. The van der Waals surface area contributed by atoms with Gasteiger partial charge in [-0.15, -0.1) is 23.1 Å². The number of alkyl halides is 1. The highest BCUT2D eigenvalue weighted by Gasteiger charge is 2.31. The predicted octanol–water partition coefficient (Wildman–Crippen LogP) is 3.95. The molecule has 2 heterocycles. The molecule has 0 nitrogen and oxygen atoms in total. The van der Waals surface area contributed by atoms with E-state index >= 15 is 0 Å². The van der Waals surface area contributed by atoms with Gasteiger partial charge in [0.15, 0.2) is 0 Å². The molecular weight excluding hydrogens is 240 g/mol. The van der Waals surface area contributed by atoms with Crippen LogP contribution in [0, 0.1) is 0 Å². The summed E-state index contributed by atoms with van der Waals surface area (Å²) in [7, 11) is 0. The average molecular weight is 247 g/mol. The standard InChI is InChI=1S/C8H7BrS2/c9-8(4-2-6-11-8)7-3-1-5-10-7/h1-3,5-6H,4H2. The van der Waals surface area contributed by atoms with E-state index in [-0.39, 0.29) is 3.66 Å². The lowest BCUT2D eigenvalue weighted by atomic mass is 10.2. The summed E-state index contributed by atoms with van der Waals surface area (Å²) in [6.07, 6.45) is 3.30. The molecule has 1 aromatic rings. The monoisotopic (exact) mass is 246 g/mol. The highest BCUT2D eigenvalue weighted by Crippen LogP contribution is 2.51. The lowest BCUT2D eigenvalue weighted by molar-refractivity contribution is 0.959. The van der Waals surface area contributed by atoms with Gasteiger partial charge in [0.2, 0.25) is 0 Å². The Hall–Kier alpha value is 0.270. The van der Waals surface area contributed by atoms with Crippen LogP contribution in [0.25, 0.3) is 0 Å². The molecule has 0 aliphatic carbocycles. The first-order valence-corrected chi connectivity index (χ1v) is 5.92. The Balaban J connectivity index is 2.29. The molecule has 0 saturated carbocycles. The Morgan fingerprint density at radius 1 is 1.55 bits per heavy atom. The van der Waals surface area contributed by atoms with Crippen molar-refractivity contribution in [1.82, 2.24) is 0 Å². The Morgan fingerprint density at radius 3 is 3.00 bits per heavy atom. The van der Waals surface area contributed by atoms with Crippen LogP contribution in [-0.4, -0.2) is 0 Å². The smallest absolute Gasteiger partial charge is 0.112 e. The number of hydrogen-bond donors (Lipinski definition) is 0. The SMILES string of the molecule is BrC1(c2cccs2)CC=CS1. The van der Waals surface area contributed by atoms with Crippen LogP contribution in [0.4, 0.5) is 0 Å². The average Bonchev–Trinajstić information content (AvgIpc) is 2.55. The molecule has 0 saturated heterocycles. The third-order valence-electron chi connectivity index (χ3n) is 1.62. The van der Waals surface area contributed by atoms with Crippen molar-refractivity contribution in [3.63, 3.8) is 0 Å². The molecule has 2 rings (SSSR count). The van der Waals surface area contributed by atoms with Gasteiger partial charge in [-0.05, 0) is 23.3 Å². The minimum Gasteiger partial charge on any atom is -0.147 e.